The van der Waals surface area contributed by atoms with Crippen LogP contribution < -0.4 is 20.9 Å². The average molecular weight is 861 g/mol. The first kappa shape index (κ1) is 40.6. The van der Waals surface area contributed by atoms with E-state index in [1.807, 2.05) is 11.3 Å². The molecule has 4 nitrogen and oxygen atoms in total. The Morgan fingerprint density at radius 3 is 1.77 bits per heavy atom. The van der Waals surface area contributed by atoms with Crippen molar-refractivity contribution in [3.63, 3.8) is 0 Å². The lowest BCUT2D eigenvalue weighted by molar-refractivity contribution is 0.968. The number of nitrogens with zero attached hydrogens (tertiary/aromatic N) is 2. The first-order valence-electron chi connectivity index (χ1n) is 23.1. The predicted octanol–water partition coefficient (Wildman–Crippen LogP) is 16.8. The van der Waals surface area contributed by atoms with Gasteiger partial charge in [0.05, 0.1) is 27.4 Å². The van der Waals surface area contributed by atoms with Gasteiger partial charge in [-0.25, -0.2) is 0 Å². The Morgan fingerprint density at radius 1 is 0.508 bits per heavy atom. The van der Waals surface area contributed by atoms with E-state index in [1.54, 1.807) is 0 Å². The van der Waals surface area contributed by atoms with Gasteiger partial charge >= 0.3 is 0 Å². The molecular weight excluding hydrogens is 809 g/mol. The zero-order valence-electron chi connectivity index (χ0n) is 37.2. The van der Waals surface area contributed by atoms with Crippen LogP contribution in [0.15, 0.2) is 182 Å². The summed E-state index contributed by atoms with van der Waals surface area (Å²) in [6, 6.07) is 67.9. The van der Waals surface area contributed by atoms with Gasteiger partial charge in [0.25, 0.3) is 0 Å². The number of nitrogens with one attached hydrogen (secondary N) is 1. The number of benzene rings is 10. The Labute approximate surface area is 385 Å². The summed E-state index contributed by atoms with van der Waals surface area (Å²) in [5.74, 6) is 0. The van der Waals surface area contributed by atoms with Crippen LogP contribution in [0, 0.1) is 0 Å². The molecular formula is C60H52N4S. The molecule has 11 aromatic rings. The maximum Gasteiger partial charge on any atom is 0.0640 e. The van der Waals surface area contributed by atoms with Crippen LogP contribution in [0.25, 0.3) is 63.6 Å². The fourth-order valence-electron chi connectivity index (χ4n) is 10.1. The smallest absolute Gasteiger partial charge is 0.0640 e. The van der Waals surface area contributed by atoms with Crippen molar-refractivity contribution in [1.82, 2.24) is 0 Å². The fourth-order valence-corrected chi connectivity index (χ4v) is 11.4. The van der Waals surface area contributed by atoms with Gasteiger partial charge < -0.3 is 20.9 Å². The predicted molar refractivity (Wildman–Crippen MR) is 284 cm³/mol. The van der Waals surface area contributed by atoms with Gasteiger partial charge in [-0.05, 0) is 136 Å². The lowest BCUT2D eigenvalue weighted by atomic mass is 9.91. The van der Waals surface area contributed by atoms with Gasteiger partial charge in [-0.1, -0.05) is 136 Å². The lowest BCUT2D eigenvalue weighted by Crippen LogP contribution is -2.13. The highest BCUT2D eigenvalue weighted by atomic mass is 32.1. The molecule has 5 heteroatoms. The molecule has 1 heterocycles. The van der Waals surface area contributed by atoms with Crippen molar-refractivity contribution in [2.45, 2.75) is 40.0 Å². The minimum absolute atomic E-state index is 0.625. The van der Waals surface area contributed by atoms with Gasteiger partial charge in [0, 0.05) is 56.3 Å². The molecule has 318 valence electrons. The molecule has 0 saturated heterocycles. The third kappa shape index (κ3) is 6.94. The van der Waals surface area contributed by atoms with E-state index in [9.17, 15) is 0 Å². The summed E-state index contributed by atoms with van der Waals surface area (Å²) in [5, 5.41) is 13.6. The molecule has 0 spiro atoms. The zero-order valence-corrected chi connectivity index (χ0v) is 38.1. The van der Waals surface area contributed by atoms with E-state index in [0.29, 0.717) is 6.54 Å². The molecule has 10 aromatic carbocycles. The zero-order chi connectivity index (χ0) is 44.0. The second-order valence-electron chi connectivity index (χ2n) is 17.1. The molecule has 0 radical (unpaired) electrons. The van der Waals surface area contributed by atoms with Crippen LogP contribution in [0.2, 0.25) is 0 Å². The molecule has 65 heavy (non-hydrogen) atoms. The molecule has 0 saturated carbocycles. The van der Waals surface area contributed by atoms with Crippen LogP contribution in [0.3, 0.4) is 0 Å². The van der Waals surface area contributed by atoms with Crippen molar-refractivity contribution < 1.29 is 0 Å². The molecule has 12 rings (SSSR count). The van der Waals surface area contributed by atoms with E-state index in [1.165, 1.54) is 104 Å². The number of hydrogen-bond acceptors (Lipinski definition) is 5. The van der Waals surface area contributed by atoms with E-state index in [0.717, 1.165) is 42.1 Å². The number of thiophene rings is 1. The highest BCUT2D eigenvalue weighted by molar-refractivity contribution is 7.26. The van der Waals surface area contributed by atoms with Crippen LogP contribution in [0.4, 0.5) is 39.8 Å². The largest absolute Gasteiger partial charge is 0.385 e. The lowest BCUT2D eigenvalue weighted by Gasteiger charge is -2.30. The van der Waals surface area contributed by atoms with Crippen LogP contribution in [0.5, 0.6) is 0 Å². The van der Waals surface area contributed by atoms with Crippen LogP contribution in [-0.4, -0.2) is 13.1 Å². The SMILES string of the molecule is CCC.CCNc1ccc(N(c2cccc3c2Cc2ccccc2-3)c2ccc3ccc4c(N(c5ccc(CCN)cc5)c5cccc6c5sc5ccccc56)ccc5ccc2c3c54)cc1. The Balaban J connectivity index is 0.00000152. The van der Waals surface area contributed by atoms with E-state index < -0.39 is 0 Å². The second kappa shape index (κ2) is 17.1. The van der Waals surface area contributed by atoms with Crippen molar-refractivity contribution in [3.8, 4) is 11.1 Å². The van der Waals surface area contributed by atoms with Crippen LogP contribution in [-0.2, 0) is 12.8 Å². The number of fused-ring (bicyclic) bond motifs is 6. The van der Waals surface area contributed by atoms with E-state index in [2.05, 4.69) is 218 Å². The van der Waals surface area contributed by atoms with Crippen LogP contribution in [0.1, 0.15) is 43.9 Å². The Kier molecular flexibility index (Phi) is 10.7. The van der Waals surface area contributed by atoms with E-state index in [-0.39, 0.29) is 0 Å². The molecule has 1 aliphatic rings. The number of rotatable bonds is 10. The summed E-state index contributed by atoms with van der Waals surface area (Å²) in [4.78, 5) is 4.99. The second-order valence-corrected chi connectivity index (χ2v) is 18.2. The number of hydrogen-bond donors (Lipinski definition) is 2. The molecule has 0 fully saturated rings. The molecule has 0 bridgehead atoms. The Bertz CT molecular complexity index is 3500. The van der Waals surface area contributed by atoms with Gasteiger partial charge in [-0.2, -0.15) is 0 Å². The molecule has 1 aromatic heterocycles. The molecule has 3 N–H and O–H groups in total. The molecule has 0 aliphatic heterocycles. The van der Waals surface area contributed by atoms with E-state index in [4.69, 9.17) is 5.73 Å². The Hall–Kier alpha value is -7.18. The highest BCUT2D eigenvalue weighted by Gasteiger charge is 2.27. The van der Waals surface area contributed by atoms with Gasteiger partial charge in [0.2, 0.25) is 0 Å². The first-order chi connectivity index (χ1) is 32.1. The van der Waals surface area contributed by atoms with Crippen molar-refractivity contribution in [3.05, 3.63) is 199 Å². The van der Waals surface area contributed by atoms with Crippen molar-refractivity contribution >= 4 is 104 Å². The van der Waals surface area contributed by atoms with Gasteiger partial charge in [0.1, 0.15) is 0 Å². The fraction of sp³-hybridized carbons (Fsp3) is 0.133. The highest BCUT2D eigenvalue weighted by Crippen LogP contribution is 2.51. The molecule has 0 unspecified atom stereocenters. The molecule has 0 atom stereocenters. The monoisotopic (exact) mass is 860 g/mol. The minimum Gasteiger partial charge on any atom is -0.385 e. The third-order valence-electron chi connectivity index (χ3n) is 12.9. The summed E-state index contributed by atoms with van der Waals surface area (Å²) in [5.41, 5.74) is 20.7. The van der Waals surface area contributed by atoms with Gasteiger partial charge in [-0.3, -0.25) is 0 Å². The first-order valence-corrected chi connectivity index (χ1v) is 23.9. The molecule has 1 aliphatic carbocycles. The summed E-state index contributed by atoms with van der Waals surface area (Å²) < 4.78 is 2.57. The molecule has 0 amide bonds. The summed E-state index contributed by atoms with van der Waals surface area (Å²) in [6.45, 7) is 7.89. The maximum absolute atomic E-state index is 6.01. The van der Waals surface area contributed by atoms with Gasteiger partial charge in [-0.15, -0.1) is 11.3 Å². The van der Waals surface area contributed by atoms with Crippen LogP contribution >= 0.6 is 11.3 Å². The van der Waals surface area contributed by atoms with Gasteiger partial charge in [0.15, 0.2) is 0 Å². The number of nitrogens with two attached hydrogens (primary N) is 1. The summed E-state index contributed by atoms with van der Waals surface area (Å²) in [6.07, 6.45) is 3.00. The standard InChI is InChI=1S/C57H44N4S.C3H8/c1-2-59-40-23-27-42(28-24-40)60(50-14-7-12-44-43-10-4-3-9-39(43)35-49(44)50)51-31-21-37-20-30-48-52(32-22-38-19-29-47(51)55(37)56(38)48)61(41-25-17-36(18-26-41)33-34-58)53-15-8-13-46-45-11-5-6-16-54(45)62-57(46)53;1-3-2/h3-32,59H,2,33-35,58H2,1H3;3H2,1-2H3. The van der Waals surface area contributed by atoms with Crippen molar-refractivity contribution in [2.24, 2.45) is 5.73 Å². The van der Waals surface area contributed by atoms with Crippen molar-refractivity contribution in [2.75, 3.05) is 28.2 Å². The number of anilines is 7. The summed E-state index contributed by atoms with van der Waals surface area (Å²) in [7, 11) is 0. The summed E-state index contributed by atoms with van der Waals surface area (Å²) >= 11 is 1.87. The van der Waals surface area contributed by atoms with Crippen molar-refractivity contribution in [1.29, 1.82) is 0 Å². The third-order valence-corrected chi connectivity index (χ3v) is 14.1. The average Bonchev–Trinajstić information content (AvgIpc) is 3.93. The quantitative estimate of drug-likeness (QED) is 0.135. The maximum atomic E-state index is 6.01. The minimum atomic E-state index is 0.625. The normalized spacial score (nSPS) is 11.9. The van der Waals surface area contributed by atoms with E-state index >= 15 is 0 Å². The topological polar surface area (TPSA) is 44.5 Å². The Morgan fingerprint density at radius 2 is 1.08 bits per heavy atom.